The van der Waals surface area contributed by atoms with Crippen molar-refractivity contribution in [1.82, 2.24) is 10.3 Å². The molecule has 0 unspecified atom stereocenters. The number of hydrogen-bond donors (Lipinski definition) is 2. The largest absolute Gasteiger partial charge is 0.297 e. The van der Waals surface area contributed by atoms with Crippen molar-refractivity contribution in [3.05, 3.63) is 0 Å². The Bertz CT molecular complexity index is 68.4. The van der Waals surface area contributed by atoms with E-state index in [1.54, 1.807) is 0 Å². The average molecular weight is 118 g/mol. The lowest BCUT2D eigenvalue weighted by Crippen LogP contribution is -2.42. The molecule has 0 aromatic rings. The monoisotopic (exact) mass is 118 g/mol. The minimum absolute atomic E-state index is 0.538. The molecule has 0 spiro atoms. The number of hydrogen-bond acceptors (Lipinski definition) is 4. The van der Waals surface area contributed by atoms with E-state index < -0.39 is 0 Å². The molecule has 0 aromatic heterocycles. The Morgan fingerprint density at radius 1 is 0.875 bits per heavy atom. The maximum absolute atomic E-state index is 8.69. The Balaban J connectivity index is 2.28. The third kappa shape index (κ3) is 1.16. The fourth-order valence-corrected chi connectivity index (χ4v) is 0.737. The summed E-state index contributed by atoms with van der Waals surface area (Å²) >= 11 is 0. The van der Waals surface area contributed by atoms with Crippen LogP contribution in [-0.2, 0) is 0 Å². The van der Waals surface area contributed by atoms with E-state index in [-0.39, 0.29) is 0 Å². The summed E-state index contributed by atoms with van der Waals surface area (Å²) in [7, 11) is 0. The van der Waals surface area contributed by atoms with Crippen molar-refractivity contribution in [3.8, 4) is 0 Å². The Kier molecular flexibility index (Phi) is 1.80. The van der Waals surface area contributed by atoms with Crippen molar-refractivity contribution in [2.45, 2.75) is 12.8 Å². The van der Waals surface area contributed by atoms with Crippen molar-refractivity contribution < 1.29 is 10.4 Å². The highest BCUT2D eigenvalue weighted by atomic mass is 16.7. The van der Waals surface area contributed by atoms with Crippen LogP contribution in [0, 0.1) is 0 Å². The summed E-state index contributed by atoms with van der Waals surface area (Å²) in [5.74, 6) is 0. The van der Waals surface area contributed by atoms with Crippen LogP contribution in [0.2, 0.25) is 0 Å². The predicted octanol–water partition coefficient (Wildman–Crippen LogP) is 0.0776. The zero-order valence-corrected chi connectivity index (χ0v) is 4.62. The molecule has 0 radical (unpaired) electrons. The van der Waals surface area contributed by atoms with Crippen LogP contribution < -0.4 is 0 Å². The first-order valence-corrected chi connectivity index (χ1v) is 2.73. The number of hydroxylamine groups is 2. The molecule has 0 saturated carbocycles. The molecule has 2 N–H and O–H groups in total. The number of nitrogens with zero attached hydrogens (tertiary/aromatic N) is 2. The molecule has 1 rings (SSSR count). The van der Waals surface area contributed by atoms with Crippen molar-refractivity contribution in [1.29, 1.82) is 0 Å². The topological polar surface area (TPSA) is 46.9 Å². The molecule has 0 atom stereocenters. The lowest BCUT2D eigenvalue weighted by molar-refractivity contribution is -0.377. The Hall–Kier alpha value is -0.160. The minimum Gasteiger partial charge on any atom is -0.297 e. The van der Waals surface area contributed by atoms with Gasteiger partial charge in [-0.25, -0.2) is 0 Å². The Labute approximate surface area is 47.8 Å². The van der Waals surface area contributed by atoms with Crippen LogP contribution in [0.3, 0.4) is 0 Å². The molecule has 0 bridgehead atoms. The highest BCUT2D eigenvalue weighted by Gasteiger charge is 2.13. The van der Waals surface area contributed by atoms with Gasteiger partial charge in [-0.1, -0.05) is 0 Å². The second-order valence-electron chi connectivity index (χ2n) is 1.90. The summed E-state index contributed by atoms with van der Waals surface area (Å²) in [6.45, 7) is 1.08. The molecule has 1 aliphatic heterocycles. The summed E-state index contributed by atoms with van der Waals surface area (Å²) in [4.78, 5) is 0. The highest BCUT2D eigenvalue weighted by Crippen LogP contribution is 2.03. The van der Waals surface area contributed by atoms with Gasteiger partial charge in [0.1, 0.15) is 0 Å². The number of rotatable bonds is 0. The molecular formula is C4H10N2O2. The van der Waals surface area contributed by atoms with E-state index in [1.807, 2.05) is 0 Å². The van der Waals surface area contributed by atoms with Crippen molar-refractivity contribution >= 4 is 0 Å². The van der Waals surface area contributed by atoms with Crippen LogP contribution in [-0.4, -0.2) is 33.8 Å². The summed E-state index contributed by atoms with van der Waals surface area (Å²) in [5, 5.41) is 19.0. The summed E-state index contributed by atoms with van der Waals surface area (Å²) in [6.07, 6.45) is 1.90. The standard InChI is InChI=1S/C4H10N2O2/c7-5-3-1-2-4-6(5)8/h7-8H,1-4H2. The average Bonchev–Trinajstić information content (AvgIpc) is 1.77. The van der Waals surface area contributed by atoms with Gasteiger partial charge in [0, 0.05) is 13.1 Å². The van der Waals surface area contributed by atoms with Crippen LogP contribution in [0.1, 0.15) is 12.8 Å². The van der Waals surface area contributed by atoms with Crippen LogP contribution in [0.25, 0.3) is 0 Å². The van der Waals surface area contributed by atoms with E-state index >= 15 is 0 Å². The Morgan fingerprint density at radius 3 is 1.50 bits per heavy atom. The SMILES string of the molecule is ON1CCCCN1O. The van der Waals surface area contributed by atoms with E-state index in [1.165, 1.54) is 0 Å². The quantitative estimate of drug-likeness (QED) is 0.472. The first kappa shape index (κ1) is 5.97. The molecule has 1 saturated heterocycles. The second kappa shape index (κ2) is 2.41. The third-order valence-corrected chi connectivity index (χ3v) is 1.23. The van der Waals surface area contributed by atoms with Gasteiger partial charge in [-0.3, -0.25) is 10.4 Å². The van der Waals surface area contributed by atoms with Crippen molar-refractivity contribution in [3.63, 3.8) is 0 Å². The van der Waals surface area contributed by atoms with Gasteiger partial charge in [0.05, 0.1) is 0 Å². The molecule has 0 aliphatic carbocycles. The van der Waals surface area contributed by atoms with E-state index in [9.17, 15) is 0 Å². The van der Waals surface area contributed by atoms with E-state index in [0.717, 1.165) is 23.2 Å². The molecular weight excluding hydrogens is 108 g/mol. The third-order valence-electron chi connectivity index (χ3n) is 1.23. The van der Waals surface area contributed by atoms with Crippen molar-refractivity contribution in [2.24, 2.45) is 0 Å². The minimum atomic E-state index is 0.538. The van der Waals surface area contributed by atoms with Gasteiger partial charge in [-0.05, 0) is 12.8 Å². The maximum atomic E-state index is 8.69. The molecule has 4 nitrogen and oxygen atoms in total. The predicted molar refractivity (Wildman–Crippen MR) is 26.2 cm³/mol. The summed E-state index contributed by atoms with van der Waals surface area (Å²) in [6, 6.07) is 0. The summed E-state index contributed by atoms with van der Waals surface area (Å²) in [5.41, 5.74) is 0. The van der Waals surface area contributed by atoms with Crippen molar-refractivity contribution in [2.75, 3.05) is 13.1 Å². The molecule has 1 aliphatic rings. The van der Waals surface area contributed by atoms with Gasteiger partial charge in [0.15, 0.2) is 0 Å². The Morgan fingerprint density at radius 2 is 1.25 bits per heavy atom. The molecule has 8 heavy (non-hydrogen) atoms. The van der Waals surface area contributed by atoms with E-state index in [0.29, 0.717) is 13.1 Å². The lowest BCUT2D eigenvalue weighted by Gasteiger charge is -2.27. The second-order valence-corrected chi connectivity index (χ2v) is 1.90. The molecule has 1 fully saturated rings. The summed E-state index contributed by atoms with van der Waals surface area (Å²) < 4.78 is 0. The van der Waals surface area contributed by atoms with Gasteiger partial charge < -0.3 is 0 Å². The molecule has 4 heteroatoms. The van der Waals surface area contributed by atoms with Crippen LogP contribution >= 0.6 is 0 Å². The van der Waals surface area contributed by atoms with Crippen LogP contribution in [0.4, 0.5) is 0 Å². The zero-order valence-electron chi connectivity index (χ0n) is 4.62. The highest BCUT2D eigenvalue weighted by molar-refractivity contribution is 4.49. The first-order valence-electron chi connectivity index (χ1n) is 2.73. The molecule has 1 heterocycles. The van der Waals surface area contributed by atoms with Crippen LogP contribution in [0.15, 0.2) is 0 Å². The molecule has 48 valence electrons. The number of hydrazine groups is 1. The van der Waals surface area contributed by atoms with E-state index in [4.69, 9.17) is 10.4 Å². The van der Waals surface area contributed by atoms with Gasteiger partial charge in [0.25, 0.3) is 0 Å². The van der Waals surface area contributed by atoms with E-state index in [2.05, 4.69) is 0 Å². The maximum Gasteiger partial charge on any atom is 0.0424 e. The van der Waals surface area contributed by atoms with Gasteiger partial charge >= 0.3 is 0 Å². The van der Waals surface area contributed by atoms with Gasteiger partial charge in [-0.15, -0.1) is 10.3 Å². The molecule has 0 aromatic carbocycles. The lowest BCUT2D eigenvalue weighted by atomic mass is 10.3. The normalized spacial score (nSPS) is 26.2. The van der Waals surface area contributed by atoms with Crippen LogP contribution in [0.5, 0.6) is 0 Å². The molecule has 0 amide bonds. The fraction of sp³-hybridized carbons (Fsp3) is 1.00. The smallest absolute Gasteiger partial charge is 0.0424 e. The fourth-order valence-electron chi connectivity index (χ4n) is 0.737. The zero-order chi connectivity index (χ0) is 5.98. The van der Waals surface area contributed by atoms with Gasteiger partial charge in [-0.2, -0.15) is 0 Å². The first-order chi connectivity index (χ1) is 3.80. The van der Waals surface area contributed by atoms with Gasteiger partial charge in [0.2, 0.25) is 0 Å².